The summed E-state index contributed by atoms with van der Waals surface area (Å²) < 4.78 is 11.0. The first-order valence-corrected chi connectivity index (χ1v) is 6.93. The van der Waals surface area contributed by atoms with E-state index in [0.29, 0.717) is 24.5 Å². The van der Waals surface area contributed by atoms with Gasteiger partial charge in [0.15, 0.2) is 0 Å². The molecule has 1 aromatic heterocycles. The van der Waals surface area contributed by atoms with Crippen LogP contribution >= 0.6 is 0 Å². The summed E-state index contributed by atoms with van der Waals surface area (Å²) in [5, 5.41) is 12.4. The zero-order valence-corrected chi connectivity index (χ0v) is 11.8. The van der Waals surface area contributed by atoms with E-state index in [1.807, 2.05) is 24.3 Å². The van der Waals surface area contributed by atoms with Crippen molar-refractivity contribution in [1.82, 2.24) is 5.32 Å². The minimum Gasteiger partial charge on any atom is -0.493 e. The second-order valence-corrected chi connectivity index (χ2v) is 5.14. The van der Waals surface area contributed by atoms with Gasteiger partial charge in [0, 0.05) is 23.6 Å². The number of ether oxygens (including phenoxy) is 1. The third kappa shape index (κ3) is 2.78. The average Bonchev–Trinajstić information content (AvgIpc) is 2.86. The Morgan fingerprint density at radius 1 is 1.43 bits per heavy atom. The summed E-state index contributed by atoms with van der Waals surface area (Å²) in [6.45, 7) is 2.90. The molecule has 110 valence electrons. The molecule has 0 spiro atoms. The van der Waals surface area contributed by atoms with Gasteiger partial charge in [0.1, 0.15) is 11.5 Å². The van der Waals surface area contributed by atoms with Crippen LogP contribution < -0.4 is 10.1 Å². The summed E-state index contributed by atoms with van der Waals surface area (Å²) in [5.41, 5.74) is 1.78. The number of nitrogens with one attached hydrogen (secondary N) is 1. The van der Waals surface area contributed by atoms with Crippen LogP contribution in [-0.2, 0) is 6.54 Å². The van der Waals surface area contributed by atoms with Crippen molar-refractivity contribution in [2.24, 2.45) is 0 Å². The van der Waals surface area contributed by atoms with Crippen LogP contribution in [0.2, 0.25) is 0 Å². The summed E-state index contributed by atoms with van der Waals surface area (Å²) in [6, 6.07) is 9.90. The first-order chi connectivity index (χ1) is 10.1. The van der Waals surface area contributed by atoms with Gasteiger partial charge in [-0.2, -0.15) is 0 Å². The van der Waals surface area contributed by atoms with Crippen LogP contribution in [0.4, 0.5) is 0 Å². The largest absolute Gasteiger partial charge is 0.493 e. The van der Waals surface area contributed by atoms with Crippen LogP contribution in [0.5, 0.6) is 5.75 Å². The number of hydrogen-bond donors (Lipinski definition) is 2. The molecule has 0 saturated heterocycles. The van der Waals surface area contributed by atoms with E-state index in [1.54, 1.807) is 13.0 Å². The van der Waals surface area contributed by atoms with Crippen molar-refractivity contribution in [2.75, 3.05) is 6.61 Å². The number of aromatic carboxylic acids is 1. The fourth-order valence-electron chi connectivity index (χ4n) is 2.63. The van der Waals surface area contributed by atoms with Crippen molar-refractivity contribution in [1.29, 1.82) is 0 Å². The number of benzene rings is 1. The molecule has 1 aromatic carbocycles. The maximum absolute atomic E-state index is 11.0. The molecule has 0 amide bonds. The summed E-state index contributed by atoms with van der Waals surface area (Å²) in [6.07, 6.45) is 0.877. The molecule has 0 bridgehead atoms. The van der Waals surface area contributed by atoms with Gasteiger partial charge in [-0.25, -0.2) is 4.79 Å². The van der Waals surface area contributed by atoms with E-state index in [2.05, 4.69) is 5.32 Å². The number of carboxylic acids is 1. The normalized spacial score (nSPS) is 17.1. The predicted molar refractivity (Wildman–Crippen MR) is 76.5 cm³/mol. The van der Waals surface area contributed by atoms with E-state index in [-0.39, 0.29) is 11.8 Å². The molecule has 1 atom stereocenters. The SMILES string of the molecule is Cc1cc(CNC2CCOc3ccccc32)oc1C(=O)O. The van der Waals surface area contributed by atoms with Gasteiger partial charge in [0.2, 0.25) is 5.76 Å². The molecular formula is C16H17NO4. The number of para-hydroxylation sites is 1. The zero-order chi connectivity index (χ0) is 14.8. The van der Waals surface area contributed by atoms with Gasteiger partial charge < -0.3 is 19.6 Å². The molecule has 2 N–H and O–H groups in total. The topological polar surface area (TPSA) is 71.7 Å². The molecule has 3 rings (SSSR count). The molecule has 1 aliphatic heterocycles. The summed E-state index contributed by atoms with van der Waals surface area (Å²) in [7, 11) is 0. The average molecular weight is 287 g/mol. The first-order valence-electron chi connectivity index (χ1n) is 6.93. The molecular weight excluding hydrogens is 270 g/mol. The van der Waals surface area contributed by atoms with Crippen LogP contribution in [-0.4, -0.2) is 17.7 Å². The first kappa shape index (κ1) is 13.7. The highest BCUT2D eigenvalue weighted by molar-refractivity contribution is 5.86. The standard InChI is InChI=1S/C16H17NO4/c1-10-8-11(21-15(10)16(18)19)9-17-13-6-7-20-14-5-3-2-4-12(13)14/h2-5,8,13,17H,6-7,9H2,1H3,(H,18,19). The monoisotopic (exact) mass is 287 g/mol. The Labute approximate surface area is 122 Å². The van der Waals surface area contributed by atoms with Crippen LogP contribution in [0.3, 0.4) is 0 Å². The van der Waals surface area contributed by atoms with Crippen molar-refractivity contribution in [3.8, 4) is 5.75 Å². The number of fused-ring (bicyclic) bond motifs is 1. The lowest BCUT2D eigenvalue weighted by atomic mass is 10.0. The fraction of sp³-hybridized carbons (Fsp3) is 0.312. The van der Waals surface area contributed by atoms with Gasteiger partial charge in [0.25, 0.3) is 0 Å². The summed E-state index contributed by atoms with van der Waals surface area (Å²) in [5.74, 6) is 0.520. The van der Waals surface area contributed by atoms with Crippen LogP contribution in [0.25, 0.3) is 0 Å². The highest BCUT2D eigenvalue weighted by Gasteiger charge is 2.21. The van der Waals surface area contributed by atoms with E-state index in [0.717, 1.165) is 17.7 Å². The van der Waals surface area contributed by atoms with E-state index in [4.69, 9.17) is 14.3 Å². The zero-order valence-electron chi connectivity index (χ0n) is 11.8. The van der Waals surface area contributed by atoms with Crippen LogP contribution in [0, 0.1) is 6.92 Å². The van der Waals surface area contributed by atoms with E-state index in [9.17, 15) is 4.79 Å². The highest BCUT2D eigenvalue weighted by Crippen LogP contribution is 2.31. The van der Waals surface area contributed by atoms with Crippen molar-refractivity contribution >= 4 is 5.97 Å². The van der Waals surface area contributed by atoms with Gasteiger partial charge in [-0.05, 0) is 19.1 Å². The maximum Gasteiger partial charge on any atom is 0.372 e. The van der Waals surface area contributed by atoms with Gasteiger partial charge >= 0.3 is 5.97 Å². The lowest BCUT2D eigenvalue weighted by Crippen LogP contribution is -2.26. The van der Waals surface area contributed by atoms with Gasteiger partial charge in [-0.1, -0.05) is 18.2 Å². The Morgan fingerprint density at radius 3 is 3.00 bits per heavy atom. The molecule has 2 aromatic rings. The Hall–Kier alpha value is -2.27. The number of aryl methyl sites for hydroxylation is 1. The summed E-state index contributed by atoms with van der Waals surface area (Å²) >= 11 is 0. The van der Waals surface area contributed by atoms with E-state index in [1.165, 1.54) is 0 Å². The van der Waals surface area contributed by atoms with Crippen molar-refractivity contribution in [2.45, 2.75) is 25.9 Å². The fourth-order valence-corrected chi connectivity index (χ4v) is 2.63. The van der Waals surface area contributed by atoms with Crippen molar-refractivity contribution in [3.63, 3.8) is 0 Å². The molecule has 2 heterocycles. The smallest absolute Gasteiger partial charge is 0.372 e. The second kappa shape index (κ2) is 5.61. The van der Waals surface area contributed by atoms with Gasteiger partial charge in [0.05, 0.1) is 13.2 Å². The number of carbonyl (C=O) groups is 1. The Morgan fingerprint density at radius 2 is 2.24 bits per heavy atom. The van der Waals surface area contributed by atoms with Crippen molar-refractivity contribution in [3.05, 3.63) is 53.0 Å². The maximum atomic E-state index is 11.0. The minimum atomic E-state index is -1.03. The van der Waals surface area contributed by atoms with Gasteiger partial charge in [-0.15, -0.1) is 0 Å². The molecule has 5 heteroatoms. The number of rotatable bonds is 4. The number of hydrogen-bond acceptors (Lipinski definition) is 4. The predicted octanol–water partition coefficient (Wildman–Crippen LogP) is 2.90. The van der Waals surface area contributed by atoms with Crippen molar-refractivity contribution < 1.29 is 19.1 Å². The second-order valence-electron chi connectivity index (χ2n) is 5.14. The third-order valence-electron chi connectivity index (χ3n) is 3.64. The lowest BCUT2D eigenvalue weighted by Gasteiger charge is -2.26. The van der Waals surface area contributed by atoms with E-state index < -0.39 is 5.97 Å². The Kier molecular flexibility index (Phi) is 3.66. The third-order valence-corrected chi connectivity index (χ3v) is 3.64. The Bertz CT molecular complexity index is 662. The van der Waals surface area contributed by atoms with Crippen LogP contribution in [0.15, 0.2) is 34.7 Å². The molecule has 0 fully saturated rings. The Balaban J connectivity index is 1.71. The molecule has 0 radical (unpaired) electrons. The molecule has 0 saturated carbocycles. The summed E-state index contributed by atoms with van der Waals surface area (Å²) in [4.78, 5) is 11.0. The van der Waals surface area contributed by atoms with Gasteiger partial charge in [-0.3, -0.25) is 0 Å². The molecule has 0 aliphatic carbocycles. The molecule has 1 aliphatic rings. The molecule has 1 unspecified atom stereocenters. The number of carboxylic acid groups (broad SMARTS) is 1. The minimum absolute atomic E-state index is 0.0131. The lowest BCUT2D eigenvalue weighted by molar-refractivity contribution is 0.0659. The number of furan rings is 1. The molecule has 21 heavy (non-hydrogen) atoms. The van der Waals surface area contributed by atoms with Crippen LogP contribution in [0.1, 0.15) is 39.9 Å². The highest BCUT2D eigenvalue weighted by atomic mass is 16.5. The molecule has 5 nitrogen and oxygen atoms in total. The van der Waals surface area contributed by atoms with E-state index >= 15 is 0 Å². The quantitative estimate of drug-likeness (QED) is 0.904.